The van der Waals surface area contributed by atoms with E-state index in [1.165, 1.54) is 25.7 Å². The zero-order chi connectivity index (χ0) is 19.2. The van der Waals surface area contributed by atoms with Crippen molar-refractivity contribution in [3.63, 3.8) is 0 Å². The molecule has 8 nitrogen and oxygen atoms in total. The van der Waals surface area contributed by atoms with E-state index in [-0.39, 0.29) is 18.8 Å². The predicted octanol–water partition coefficient (Wildman–Crippen LogP) is 3.06. The van der Waals surface area contributed by atoms with Crippen LogP contribution in [-0.2, 0) is 22.6 Å². The van der Waals surface area contributed by atoms with Gasteiger partial charge in [0.15, 0.2) is 5.69 Å². The first-order valence-corrected chi connectivity index (χ1v) is 9.36. The standard InChI is InChI=1S/C18H30N4O4/c1-5-25-16(23)15-14(12-19-17(24)26-18(2,3)4)22(21-20-15)11-10-13-8-6-7-9-13/h13H,5-12H2,1-4H3,(H,19,24). The lowest BCUT2D eigenvalue weighted by molar-refractivity contribution is 0.0497. The first-order valence-electron chi connectivity index (χ1n) is 9.36. The molecule has 1 aliphatic carbocycles. The summed E-state index contributed by atoms with van der Waals surface area (Å²) >= 11 is 0. The SMILES string of the molecule is CCOC(=O)c1nnn(CCC2CCCC2)c1CNC(=O)OC(C)(C)C. The normalized spacial score (nSPS) is 15.1. The summed E-state index contributed by atoms with van der Waals surface area (Å²) in [6.45, 7) is 8.16. The number of ether oxygens (including phenoxy) is 2. The van der Waals surface area contributed by atoms with Crippen LogP contribution in [0, 0.1) is 5.92 Å². The molecule has 1 heterocycles. The van der Waals surface area contributed by atoms with Gasteiger partial charge in [-0.3, -0.25) is 0 Å². The van der Waals surface area contributed by atoms with Crippen LogP contribution in [0.1, 0.15) is 76.0 Å². The molecule has 1 fully saturated rings. The Balaban J connectivity index is 2.06. The minimum atomic E-state index is -0.588. The molecule has 2 rings (SSSR count). The van der Waals surface area contributed by atoms with Gasteiger partial charge in [-0.25, -0.2) is 14.3 Å². The monoisotopic (exact) mass is 366 g/mol. The fourth-order valence-electron chi connectivity index (χ4n) is 3.12. The highest BCUT2D eigenvalue weighted by Crippen LogP contribution is 2.28. The number of nitrogens with zero attached hydrogens (tertiary/aromatic N) is 3. The van der Waals surface area contributed by atoms with Crippen molar-refractivity contribution in [1.82, 2.24) is 20.3 Å². The molecular formula is C18H30N4O4. The van der Waals surface area contributed by atoms with Crippen molar-refractivity contribution in [2.45, 2.75) is 78.5 Å². The number of amides is 1. The van der Waals surface area contributed by atoms with E-state index in [4.69, 9.17) is 9.47 Å². The maximum absolute atomic E-state index is 12.1. The summed E-state index contributed by atoms with van der Waals surface area (Å²) in [5, 5.41) is 10.8. The minimum Gasteiger partial charge on any atom is -0.461 e. The van der Waals surface area contributed by atoms with Gasteiger partial charge in [0.25, 0.3) is 0 Å². The van der Waals surface area contributed by atoms with Gasteiger partial charge in [-0.1, -0.05) is 30.9 Å². The van der Waals surface area contributed by atoms with Crippen LogP contribution >= 0.6 is 0 Å². The van der Waals surface area contributed by atoms with E-state index < -0.39 is 17.7 Å². The molecule has 1 aliphatic rings. The van der Waals surface area contributed by atoms with Crippen molar-refractivity contribution < 1.29 is 19.1 Å². The molecule has 1 aromatic rings. The number of alkyl carbamates (subject to hydrolysis) is 1. The summed E-state index contributed by atoms with van der Waals surface area (Å²) in [7, 11) is 0. The summed E-state index contributed by atoms with van der Waals surface area (Å²) in [6.07, 6.45) is 5.49. The highest BCUT2D eigenvalue weighted by Gasteiger charge is 2.24. The average Bonchev–Trinajstić information content (AvgIpc) is 3.19. The number of nitrogens with one attached hydrogen (secondary N) is 1. The second-order valence-corrected chi connectivity index (χ2v) is 7.62. The average molecular weight is 366 g/mol. The number of aromatic nitrogens is 3. The Labute approximate surface area is 154 Å². The summed E-state index contributed by atoms with van der Waals surface area (Å²) in [4.78, 5) is 24.1. The van der Waals surface area contributed by atoms with Crippen molar-refractivity contribution in [2.75, 3.05) is 6.61 Å². The topological polar surface area (TPSA) is 95.3 Å². The van der Waals surface area contributed by atoms with E-state index >= 15 is 0 Å². The lowest BCUT2D eigenvalue weighted by atomic mass is 10.0. The fraction of sp³-hybridized carbons (Fsp3) is 0.778. The third-order valence-electron chi connectivity index (χ3n) is 4.33. The molecule has 26 heavy (non-hydrogen) atoms. The van der Waals surface area contributed by atoms with Crippen molar-refractivity contribution in [1.29, 1.82) is 0 Å². The van der Waals surface area contributed by atoms with Gasteiger partial charge in [0, 0.05) is 6.54 Å². The van der Waals surface area contributed by atoms with Crippen molar-refractivity contribution >= 4 is 12.1 Å². The zero-order valence-corrected chi connectivity index (χ0v) is 16.2. The molecular weight excluding hydrogens is 336 g/mol. The molecule has 1 N–H and O–H groups in total. The van der Waals surface area contributed by atoms with Crippen LogP contribution in [0.5, 0.6) is 0 Å². The molecule has 0 atom stereocenters. The Bertz CT molecular complexity index is 615. The van der Waals surface area contributed by atoms with Crippen LogP contribution < -0.4 is 5.32 Å². The lowest BCUT2D eigenvalue weighted by Gasteiger charge is -2.20. The predicted molar refractivity (Wildman–Crippen MR) is 95.6 cm³/mol. The van der Waals surface area contributed by atoms with Gasteiger partial charge < -0.3 is 14.8 Å². The Morgan fingerprint density at radius 2 is 1.96 bits per heavy atom. The van der Waals surface area contributed by atoms with Crippen molar-refractivity contribution in [3.05, 3.63) is 11.4 Å². The van der Waals surface area contributed by atoms with E-state index in [9.17, 15) is 9.59 Å². The fourth-order valence-corrected chi connectivity index (χ4v) is 3.12. The zero-order valence-electron chi connectivity index (χ0n) is 16.2. The highest BCUT2D eigenvalue weighted by atomic mass is 16.6. The second kappa shape index (κ2) is 9.00. The first kappa shape index (κ1) is 20.2. The van der Waals surface area contributed by atoms with E-state index in [1.807, 2.05) is 0 Å². The van der Waals surface area contributed by atoms with Crippen LogP contribution in [0.25, 0.3) is 0 Å². The smallest absolute Gasteiger partial charge is 0.407 e. The summed E-state index contributed by atoms with van der Waals surface area (Å²) < 4.78 is 12.0. The van der Waals surface area contributed by atoms with Crippen LogP contribution in [0.15, 0.2) is 0 Å². The molecule has 1 amide bonds. The van der Waals surface area contributed by atoms with E-state index in [2.05, 4.69) is 15.6 Å². The van der Waals surface area contributed by atoms with Crippen molar-refractivity contribution in [3.8, 4) is 0 Å². The van der Waals surface area contributed by atoms with Crippen molar-refractivity contribution in [2.24, 2.45) is 5.92 Å². The first-order chi connectivity index (χ1) is 12.3. The van der Waals surface area contributed by atoms with Gasteiger partial charge in [0.1, 0.15) is 5.60 Å². The molecule has 8 heteroatoms. The number of esters is 1. The van der Waals surface area contributed by atoms with Crippen LogP contribution in [0.3, 0.4) is 0 Å². The van der Waals surface area contributed by atoms with E-state index in [1.54, 1.807) is 32.4 Å². The van der Waals surface area contributed by atoms with Gasteiger partial charge in [0.2, 0.25) is 0 Å². The van der Waals surface area contributed by atoms with E-state index in [0.717, 1.165) is 6.42 Å². The highest BCUT2D eigenvalue weighted by molar-refractivity contribution is 5.88. The number of rotatable bonds is 7. The number of hydrogen-bond donors (Lipinski definition) is 1. The Morgan fingerprint density at radius 3 is 2.58 bits per heavy atom. The Kier molecular flexibility index (Phi) is 6.99. The maximum Gasteiger partial charge on any atom is 0.407 e. The summed E-state index contributed by atoms with van der Waals surface area (Å²) in [6, 6.07) is 0. The van der Waals surface area contributed by atoms with Crippen LogP contribution in [0.2, 0.25) is 0 Å². The van der Waals surface area contributed by atoms with Crippen LogP contribution in [0.4, 0.5) is 4.79 Å². The van der Waals surface area contributed by atoms with Gasteiger partial charge in [-0.15, -0.1) is 5.10 Å². The molecule has 0 bridgehead atoms. The van der Waals surface area contributed by atoms with E-state index in [0.29, 0.717) is 18.2 Å². The lowest BCUT2D eigenvalue weighted by Crippen LogP contribution is -2.33. The third-order valence-corrected chi connectivity index (χ3v) is 4.33. The minimum absolute atomic E-state index is 0.112. The molecule has 0 spiro atoms. The molecule has 0 aliphatic heterocycles. The maximum atomic E-state index is 12.1. The number of aryl methyl sites for hydroxylation is 1. The van der Waals surface area contributed by atoms with Gasteiger partial charge in [0.05, 0.1) is 18.8 Å². The van der Waals surface area contributed by atoms with Gasteiger partial charge in [-0.2, -0.15) is 0 Å². The molecule has 0 saturated heterocycles. The second-order valence-electron chi connectivity index (χ2n) is 7.62. The molecule has 0 unspecified atom stereocenters. The molecule has 0 aromatic carbocycles. The third kappa shape index (κ3) is 6.00. The van der Waals surface area contributed by atoms with Gasteiger partial charge >= 0.3 is 12.1 Å². The van der Waals surface area contributed by atoms with Gasteiger partial charge in [-0.05, 0) is 40.0 Å². The Morgan fingerprint density at radius 1 is 1.27 bits per heavy atom. The molecule has 1 aromatic heterocycles. The largest absolute Gasteiger partial charge is 0.461 e. The molecule has 0 radical (unpaired) electrons. The Hall–Kier alpha value is -2.12. The number of carbonyl (C=O) groups is 2. The number of carbonyl (C=O) groups excluding carboxylic acids is 2. The summed E-state index contributed by atoms with van der Waals surface area (Å²) in [5.41, 5.74) is 0.108. The van der Waals surface area contributed by atoms with Crippen LogP contribution in [-0.4, -0.2) is 39.3 Å². The molecule has 1 saturated carbocycles. The number of hydrogen-bond acceptors (Lipinski definition) is 6. The molecule has 146 valence electrons. The quantitative estimate of drug-likeness (QED) is 0.745. The summed E-state index contributed by atoms with van der Waals surface area (Å²) in [5.74, 6) is 0.164.